The van der Waals surface area contributed by atoms with Crippen molar-refractivity contribution in [3.63, 3.8) is 0 Å². The minimum atomic E-state index is -0.145. The highest BCUT2D eigenvalue weighted by molar-refractivity contribution is 5.71. The van der Waals surface area contributed by atoms with E-state index in [-0.39, 0.29) is 5.97 Å². The summed E-state index contributed by atoms with van der Waals surface area (Å²) in [4.78, 5) is 11.1. The number of ether oxygens (including phenoxy) is 1. The molecule has 78 valence electrons. The minimum absolute atomic E-state index is 0.145. The molecule has 0 heterocycles. The van der Waals surface area contributed by atoms with Crippen molar-refractivity contribution in [2.24, 2.45) is 0 Å². The topological polar surface area (TPSA) is 38.3 Å². The smallest absolute Gasteiger partial charge is 0.319 e. The highest BCUT2D eigenvalue weighted by atomic mass is 16.5. The highest BCUT2D eigenvalue weighted by Gasteiger charge is 2.06. The molecule has 0 rings (SSSR count). The standard InChI is InChI=1S/C10H21NO2/c1-4-7-13-10(12)8-11-9(5-2)6-3/h9,11H,4-8H2,1-3H3. The summed E-state index contributed by atoms with van der Waals surface area (Å²) in [6.07, 6.45) is 2.99. The van der Waals surface area contributed by atoms with Gasteiger partial charge in [-0.15, -0.1) is 0 Å². The average Bonchev–Trinajstić information content (AvgIpc) is 2.16. The number of esters is 1. The van der Waals surface area contributed by atoms with Crippen LogP contribution in [0.25, 0.3) is 0 Å². The molecule has 0 aromatic carbocycles. The Morgan fingerprint density at radius 3 is 2.38 bits per heavy atom. The van der Waals surface area contributed by atoms with E-state index in [0.29, 0.717) is 19.2 Å². The van der Waals surface area contributed by atoms with Gasteiger partial charge in [-0.25, -0.2) is 0 Å². The summed E-state index contributed by atoms with van der Waals surface area (Å²) >= 11 is 0. The van der Waals surface area contributed by atoms with Crippen molar-refractivity contribution in [1.82, 2.24) is 5.32 Å². The summed E-state index contributed by atoms with van der Waals surface area (Å²) < 4.78 is 4.93. The lowest BCUT2D eigenvalue weighted by atomic mass is 10.2. The molecular formula is C10H21NO2. The summed E-state index contributed by atoms with van der Waals surface area (Å²) in [6, 6.07) is 0.439. The summed E-state index contributed by atoms with van der Waals surface area (Å²) in [5.74, 6) is -0.145. The molecule has 0 amide bonds. The van der Waals surface area contributed by atoms with E-state index < -0.39 is 0 Å². The number of hydrogen-bond acceptors (Lipinski definition) is 3. The molecule has 1 N–H and O–H groups in total. The van der Waals surface area contributed by atoms with Crippen molar-refractivity contribution in [2.45, 2.75) is 46.1 Å². The van der Waals surface area contributed by atoms with Crippen molar-refractivity contribution in [3.8, 4) is 0 Å². The fourth-order valence-corrected chi connectivity index (χ4v) is 1.07. The predicted octanol–water partition coefficient (Wildman–Crippen LogP) is 1.72. The first-order valence-electron chi connectivity index (χ1n) is 5.13. The van der Waals surface area contributed by atoms with E-state index in [1.807, 2.05) is 6.92 Å². The second-order valence-corrected chi connectivity index (χ2v) is 3.11. The van der Waals surface area contributed by atoms with Gasteiger partial charge in [0.05, 0.1) is 13.2 Å². The lowest BCUT2D eigenvalue weighted by Crippen LogP contribution is -2.33. The molecule has 13 heavy (non-hydrogen) atoms. The number of nitrogens with one attached hydrogen (secondary N) is 1. The molecule has 0 bridgehead atoms. The molecule has 0 saturated carbocycles. The van der Waals surface area contributed by atoms with Crippen molar-refractivity contribution in [2.75, 3.05) is 13.2 Å². The van der Waals surface area contributed by atoms with Gasteiger partial charge in [0.25, 0.3) is 0 Å². The van der Waals surface area contributed by atoms with Crippen molar-refractivity contribution in [1.29, 1.82) is 0 Å². The van der Waals surface area contributed by atoms with Crippen LogP contribution < -0.4 is 5.32 Å². The number of rotatable bonds is 7. The van der Waals surface area contributed by atoms with E-state index in [4.69, 9.17) is 4.74 Å². The van der Waals surface area contributed by atoms with Gasteiger partial charge in [-0.3, -0.25) is 4.79 Å². The molecule has 0 aliphatic rings. The van der Waals surface area contributed by atoms with E-state index in [0.717, 1.165) is 19.3 Å². The van der Waals surface area contributed by atoms with Gasteiger partial charge >= 0.3 is 5.97 Å². The largest absolute Gasteiger partial charge is 0.465 e. The van der Waals surface area contributed by atoms with Crippen molar-refractivity contribution in [3.05, 3.63) is 0 Å². The number of hydrogen-bond donors (Lipinski definition) is 1. The van der Waals surface area contributed by atoms with Gasteiger partial charge in [-0.05, 0) is 19.3 Å². The van der Waals surface area contributed by atoms with Gasteiger partial charge < -0.3 is 10.1 Å². The van der Waals surface area contributed by atoms with Gasteiger partial charge in [-0.1, -0.05) is 20.8 Å². The number of carbonyl (C=O) groups is 1. The van der Waals surface area contributed by atoms with Crippen LogP contribution in [0.4, 0.5) is 0 Å². The zero-order valence-electron chi connectivity index (χ0n) is 8.93. The van der Waals surface area contributed by atoms with Crippen molar-refractivity contribution >= 4 is 5.97 Å². The maximum absolute atomic E-state index is 11.1. The SMILES string of the molecule is CCCOC(=O)CNC(CC)CC. The van der Waals surface area contributed by atoms with E-state index in [1.165, 1.54) is 0 Å². The van der Waals surface area contributed by atoms with Crippen LogP contribution >= 0.6 is 0 Å². The Kier molecular flexibility index (Phi) is 7.69. The fraction of sp³-hybridized carbons (Fsp3) is 0.900. The van der Waals surface area contributed by atoms with Gasteiger partial charge in [0.2, 0.25) is 0 Å². The van der Waals surface area contributed by atoms with E-state index in [1.54, 1.807) is 0 Å². The molecule has 0 fully saturated rings. The quantitative estimate of drug-likeness (QED) is 0.617. The van der Waals surface area contributed by atoms with Crippen LogP contribution in [0.15, 0.2) is 0 Å². The third kappa shape index (κ3) is 6.58. The van der Waals surface area contributed by atoms with Crippen LogP contribution in [0.2, 0.25) is 0 Å². The molecule has 3 nitrogen and oxygen atoms in total. The molecule has 0 aromatic rings. The van der Waals surface area contributed by atoms with Gasteiger partial charge in [0.15, 0.2) is 0 Å². The molecule has 0 aromatic heterocycles. The summed E-state index contributed by atoms with van der Waals surface area (Å²) in [5.41, 5.74) is 0. The van der Waals surface area contributed by atoms with Crippen LogP contribution in [0, 0.1) is 0 Å². The lowest BCUT2D eigenvalue weighted by molar-refractivity contribution is -0.142. The van der Waals surface area contributed by atoms with Gasteiger partial charge in [0, 0.05) is 6.04 Å². The Labute approximate surface area is 80.8 Å². The molecular weight excluding hydrogens is 166 g/mol. The monoisotopic (exact) mass is 187 g/mol. The highest BCUT2D eigenvalue weighted by Crippen LogP contribution is 1.95. The van der Waals surface area contributed by atoms with Crippen LogP contribution in [-0.2, 0) is 9.53 Å². The Bertz CT molecular complexity index is 133. The molecule has 0 unspecified atom stereocenters. The third-order valence-electron chi connectivity index (χ3n) is 1.99. The van der Waals surface area contributed by atoms with Gasteiger partial charge in [-0.2, -0.15) is 0 Å². The minimum Gasteiger partial charge on any atom is -0.465 e. The van der Waals surface area contributed by atoms with E-state index in [9.17, 15) is 4.79 Å². The molecule has 0 saturated heterocycles. The lowest BCUT2D eigenvalue weighted by Gasteiger charge is -2.13. The fourth-order valence-electron chi connectivity index (χ4n) is 1.07. The van der Waals surface area contributed by atoms with Crippen LogP contribution in [0.1, 0.15) is 40.0 Å². The second-order valence-electron chi connectivity index (χ2n) is 3.11. The normalized spacial score (nSPS) is 10.5. The first-order valence-corrected chi connectivity index (χ1v) is 5.13. The van der Waals surface area contributed by atoms with Gasteiger partial charge in [0.1, 0.15) is 0 Å². The molecule has 3 heteroatoms. The van der Waals surface area contributed by atoms with Crippen LogP contribution in [-0.4, -0.2) is 25.2 Å². The molecule has 0 radical (unpaired) electrons. The zero-order valence-corrected chi connectivity index (χ0v) is 8.93. The average molecular weight is 187 g/mol. The molecule has 0 aliphatic carbocycles. The van der Waals surface area contributed by atoms with Crippen LogP contribution in [0.5, 0.6) is 0 Å². The Morgan fingerprint density at radius 1 is 1.31 bits per heavy atom. The number of carbonyl (C=O) groups excluding carboxylic acids is 1. The Hall–Kier alpha value is -0.570. The maximum Gasteiger partial charge on any atom is 0.319 e. The van der Waals surface area contributed by atoms with Crippen molar-refractivity contribution < 1.29 is 9.53 Å². The first-order chi connectivity index (χ1) is 6.24. The first kappa shape index (κ1) is 12.4. The molecule has 0 spiro atoms. The molecule has 0 atom stereocenters. The predicted molar refractivity (Wildman–Crippen MR) is 53.6 cm³/mol. The molecule has 0 aliphatic heterocycles. The van der Waals surface area contributed by atoms with Crippen LogP contribution in [0.3, 0.4) is 0 Å². The maximum atomic E-state index is 11.1. The summed E-state index contributed by atoms with van der Waals surface area (Å²) in [7, 11) is 0. The Balaban J connectivity index is 3.44. The van der Waals surface area contributed by atoms with E-state index >= 15 is 0 Å². The second kappa shape index (κ2) is 8.05. The zero-order chi connectivity index (χ0) is 10.1. The summed E-state index contributed by atoms with van der Waals surface area (Å²) in [6.45, 7) is 7.08. The third-order valence-corrected chi connectivity index (χ3v) is 1.99. The van der Waals surface area contributed by atoms with E-state index in [2.05, 4.69) is 19.2 Å². The Morgan fingerprint density at radius 2 is 1.92 bits per heavy atom. The summed E-state index contributed by atoms with van der Waals surface area (Å²) in [5, 5.41) is 3.15.